The van der Waals surface area contributed by atoms with Gasteiger partial charge in [0.1, 0.15) is 18.4 Å². The highest BCUT2D eigenvalue weighted by Crippen LogP contribution is 2.79. The number of nitrogens with zero attached hydrogens (tertiary/aromatic N) is 4. The summed E-state index contributed by atoms with van der Waals surface area (Å²) < 4.78 is 0. The second-order valence-corrected chi connectivity index (χ2v) is 19.7. The van der Waals surface area contributed by atoms with Gasteiger partial charge >= 0.3 is 0 Å². The predicted octanol–water partition coefficient (Wildman–Crippen LogP) is 0.227. The van der Waals surface area contributed by atoms with Crippen LogP contribution in [0, 0.1) is 0 Å². The zero-order valence-corrected chi connectivity index (χ0v) is 30.2. The van der Waals surface area contributed by atoms with E-state index in [0.717, 1.165) is 48.7 Å². The topological polar surface area (TPSA) is 174 Å². The Morgan fingerprint density at radius 1 is 0.800 bits per heavy atom. The van der Waals surface area contributed by atoms with E-state index in [1.54, 1.807) is 6.07 Å². The monoisotopic (exact) mass is 755 g/mol. The number of likely N-dealkylation sites (N-methyl/N-ethyl adjacent to an activating group) is 2. The third kappa shape index (κ3) is 2.74. The van der Waals surface area contributed by atoms with Crippen LogP contribution in [0.25, 0.3) is 0 Å². The van der Waals surface area contributed by atoms with Crippen molar-refractivity contribution in [3.63, 3.8) is 0 Å². The number of carbonyl (C=O) groups is 4. The Bertz CT molecular complexity index is 1990. The van der Waals surface area contributed by atoms with Crippen molar-refractivity contribution in [3.05, 3.63) is 65.2 Å². The van der Waals surface area contributed by atoms with E-state index in [0.29, 0.717) is 16.8 Å². The van der Waals surface area contributed by atoms with Crippen molar-refractivity contribution in [3.8, 4) is 0 Å². The van der Waals surface area contributed by atoms with Gasteiger partial charge in [-0.2, -0.15) is 0 Å². The summed E-state index contributed by atoms with van der Waals surface area (Å²) in [4.78, 5) is 58.3. The molecular weight excluding hydrogens is 723 g/mol. The number of benzene rings is 2. The standard InChI is InChI=1S/C33H33N5O8S4/c1-15(40)31-27(46)38-23-30(18-10-6-7-11-19(18)34-23,22(42)33(38,50-48-31)26(45)36(31)3)29-17-9-5-4-8-16(17)14-20(29)37-24(43)28(12-13-39)35(2)25(44)32(37,21(29)41)49-47-28/h4-11,15,20-23,34,39-42H,12-14H2,1-3H3. The smallest absolute Gasteiger partial charge is 0.266 e. The van der Waals surface area contributed by atoms with Gasteiger partial charge < -0.3 is 40.4 Å². The van der Waals surface area contributed by atoms with Crippen LogP contribution in [0.15, 0.2) is 48.5 Å². The lowest BCUT2D eigenvalue weighted by atomic mass is 9.51. The Hall–Kier alpha value is -2.64. The maximum absolute atomic E-state index is 15.0. The van der Waals surface area contributed by atoms with Crippen molar-refractivity contribution in [1.82, 2.24) is 19.6 Å². The lowest BCUT2D eigenvalue weighted by molar-refractivity contribution is -0.172. The molecule has 8 saturated heterocycles. The summed E-state index contributed by atoms with van der Waals surface area (Å²) in [5.41, 5.74) is -0.803. The van der Waals surface area contributed by atoms with Crippen molar-refractivity contribution >= 4 is 72.5 Å². The normalized spacial score (nSPS) is 45.0. The fourth-order valence-corrected chi connectivity index (χ4v) is 18.9. The van der Waals surface area contributed by atoms with Gasteiger partial charge in [0.05, 0.1) is 23.0 Å². The molecule has 8 fully saturated rings. The first-order valence-electron chi connectivity index (χ1n) is 16.4. The molecule has 2 spiro atoms. The van der Waals surface area contributed by atoms with Crippen molar-refractivity contribution in [1.29, 1.82) is 0 Å². The van der Waals surface area contributed by atoms with Crippen LogP contribution in [-0.4, -0.2) is 134 Å². The number of nitrogens with one attached hydrogen (secondary N) is 1. The van der Waals surface area contributed by atoms with Gasteiger partial charge in [0.15, 0.2) is 4.87 Å². The van der Waals surface area contributed by atoms with Crippen molar-refractivity contribution in [2.75, 3.05) is 26.0 Å². The maximum atomic E-state index is 15.0. The quantitative estimate of drug-likeness (QED) is 0.269. The summed E-state index contributed by atoms with van der Waals surface area (Å²) in [6, 6.07) is 13.8. The number of carbonyl (C=O) groups excluding carboxylic acids is 4. The third-order valence-corrected chi connectivity index (χ3v) is 20.5. The lowest BCUT2D eigenvalue weighted by Gasteiger charge is -2.59. The Balaban J connectivity index is 1.33. The van der Waals surface area contributed by atoms with E-state index >= 15 is 9.59 Å². The number of aliphatic hydroxyl groups excluding tert-OH is 4. The van der Waals surface area contributed by atoms with Crippen molar-refractivity contribution in [2.45, 2.75) is 80.6 Å². The summed E-state index contributed by atoms with van der Waals surface area (Å²) in [6.07, 6.45) is -5.53. The fourth-order valence-electron chi connectivity index (χ4n) is 11.0. The molecule has 11 atom stereocenters. The molecule has 2 aromatic carbocycles. The average Bonchev–Trinajstić information content (AvgIpc) is 3.76. The van der Waals surface area contributed by atoms with Crippen LogP contribution in [0.5, 0.6) is 0 Å². The molecule has 4 bridgehead atoms. The summed E-state index contributed by atoms with van der Waals surface area (Å²) in [7, 11) is 7.32. The average molecular weight is 756 g/mol. The van der Waals surface area contributed by atoms with Crippen LogP contribution in [-0.2, 0) is 36.4 Å². The van der Waals surface area contributed by atoms with Crippen LogP contribution < -0.4 is 5.32 Å². The largest absolute Gasteiger partial charge is 0.396 e. The Labute approximate surface area is 302 Å². The van der Waals surface area contributed by atoms with Gasteiger partial charge in [0, 0.05) is 32.8 Å². The zero-order chi connectivity index (χ0) is 35.1. The van der Waals surface area contributed by atoms with Crippen LogP contribution in [0.2, 0.25) is 0 Å². The number of fused-ring (bicyclic) bond motifs is 11. The molecule has 1 aliphatic carbocycles. The van der Waals surface area contributed by atoms with E-state index in [1.807, 2.05) is 42.5 Å². The van der Waals surface area contributed by atoms with Crippen LogP contribution in [0.1, 0.15) is 30.0 Å². The molecule has 0 saturated carbocycles. The summed E-state index contributed by atoms with van der Waals surface area (Å²) in [5.74, 6) is -2.04. The first-order valence-corrected chi connectivity index (χ1v) is 20.7. The summed E-state index contributed by atoms with van der Waals surface area (Å²) >= 11 is 0. The first-order chi connectivity index (χ1) is 23.8. The van der Waals surface area contributed by atoms with Crippen molar-refractivity contribution < 1.29 is 39.6 Å². The minimum absolute atomic E-state index is 0.0244. The first kappa shape index (κ1) is 32.0. The number of aliphatic hydroxyl groups is 4. The SMILES string of the molecule is CC(O)C12SSC3(C(=O)N1C)C(O)C1(C45c6ccccc6CC4N4C(=O)C6(CCO)SSC4(C(=O)N6C)C5O)c4ccccc4NC1N3C2=O. The highest BCUT2D eigenvalue weighted by molar-refractivity contribution is 8.78. The highest BCUT2D eigenvalue weighted by atomic mass is 33.1. The summed E-state index contributed by atoms with van der Waals surface area (Å²) in [5, 5.41) is 51.7. The fraction of sp³-hybridized carbons (Fsp3) is 0.515. The van der Waals surface area contributed by atoms with Gasteiger partial charge in [-0.1, -0.05) is 53.3 Å². The molecule has 12 rings (SSSR count). The van der Waals surface area contributed by atoms with Crippen LogP contribution >= 0.6 is 43.2 Å². The second kappa shape index (κ2) is 9.47. The molecule has 10 aliphatic rings. The number of piperazine rings is 2. The molecule has 262 valence electrons. The predicted molar refractivity (Wildman–Crippen MR) is 187 cm³/mol. The number of amides is 4. The Kier molecular flexibility index (Phi) is 6.07. The van der Waals surface area contributed by atoms with E-state index in [2.05, 4.69) is 5.32 Å². The van der Waals surface area contributed by atoms with E-state index in [4.69, 9.17) is 0 Å². The minimum atomic E-state index is -1.89. The number of para-hydroxylation sites is 1. The maximum Gasteiger partial charge on any atom is 0.266 e. The van der Waals surface area contributed by atoms with Crippen LogP contribution in [0.4, 0.5) is 5.69 Å². The van der Waals surface area contributed by atoms with E-state index in [1.165, 1.54) is 40.6 Å². The molecule has 4 amide bonds. The highest BCUT2D eigenvalue weighted by Gasteiger charge is 2.93. The molecule has 9 heterocycles. The molecule has 50 heavy (non-hydrogen) atoms. The molecule has 2 aromatic rings. The Morgan fingerprint density at radius 2 is 1.42 bits per heavy atom. The number of hydrogen-bond acceptors (Lipinski definition) is 13. The second-order valence-electron chi connectivity index (χ2n) is 14.4. The van der Waals surface area contributed by atoms with Gasteiger partial charge in [-0.15, -0.1) is 0 Å². The molecule has 17 heteroatoms. The molecule has 0 radical (unpaired) electrons. The lowest BCUT2D eigenvalue weighted by Crippen LogP contribution is -2.80. The van der Waals surface area contributed by atoms with Gasteiger partial charge in [0.25, 0.3) is 23.6 Å². The van der Waals surface area contributed by atoms with Gasteiger partial charge in [-0.3, -0.25) is 24.1 Å². The molecule has 9 aliphatic heterocycles. The van der Waals surface area contributed by atoms with Gasteiger partial charge in [-0.25, -0.2) is 0 Å². The number of hydrogen-bond donors (Lipinski definition) is 5. The molecule has 11 unspecified atom stereocenters. The molecule has 5 N–H and O–H groups in total. The van der Waals surface area contributed by atoms with Crippen LogP contribution in [0.3, 0.4) is 0 Å². The number of anilines is 1. The van der Waals surface area contributed by atoms with E-state index < -0.39 is 84.5 Å². The van der Waals surface area contributed by atoms with E-state index in [9.17, 15) is 30.0 Å². The molecule has 0 aromatic heterocycles. The Morgan fingerprint density at radius 3 is 2.14 bits per heavy atom. The molecular formula is C33H33N5O8S4. The zero-order valence-electron chi connectivity index (χ0n) is 27.0. The van der Waals surface area contributed by atoms with Crippen molar-refractivity contribution in [2.24, 2.45) is 0 Å². The van der Waals surface area contributed by atoms with Gasteiger partial charge in [-0.05, 0) is 68.5 Å². The minimum Gasteiger partial charge on any atom is -0.396 e. The third-order valence-electron chi connectivity index (χ3n) is 13.0. The molecule has 13 nitrogen and oxygen atoms in total. The van der Waals surface area contributed by atoms with Gasteiger partial charge in [0.2, 0.25) is 14.6 Å². The summed E-state index contributed by atoms with van der Waals surface area (Å²) in [6.45, 7) is 1.11. The van der Waals surface area contributed by atoms with E-state index in [-0.39, 0.29) is 19.4 Å². The number of rotatable bonds is 4.